The number of hydrogen-bond acceptors (Lipinski definition) is 3. The van der Waals surface area contributed by atoms with Gasteiger partial charge in [-0.3, -0.25) is 0 Å². The Morgan fingerprint density at radius 2 is 2.09 bits per heavy atom. The van der Waals surface area contributed by atoms with Crippen molar-refractivity contribution in [2.75, 3.05) is 20.2 Å². The highest BCUT2D eigenvalue weighted by Gasteiger charge is 2.46. The van der Waals surface area contributed by atoms with Crippen molar-refractivity contribution in [1.82, 2.24) is 10.2 Å². The topological polar surface area (TPSA) is 61.8 Å². The van der Waals surface area contributed by atoms with Gasteiger partial charge in [0.15, 0.2) is 0 Å². The monoisotopic (exact) mass is 306 g/mol. The zero-order chi connectivity index (χ0) is 16.3. The number of methoxy groups -OCH3 is 1. The molecule has 5 nitrogen and oxygen atoms in total. The van der Waals surface area contributed by atoms with E-state index in [1.807, 2.05) is 45.0 Å². The lowest BCUT2D eigenvalue weighted by Gasteiger charge is -2.30. The summed E-state index contributed by atoms with van der Waals surface area (Å²) in [5.74, 6) is 1.01. The van der Waals surface area contributed by atoms with Crippen molar-refractivity contribution in [3.63, 3.8) is 0 Å². The molecule has 1 aromatic carbocycles. The SMILES string of the molecule is COc1ccc(CNC(=O)N2C[C@H](C)[C@@](O)(C(C)C)C2)cc1. The van der Waals surface area contributed by atoms with Crippen LogP contribution in [0.4, 0.5) is 4.79 Å². The minimum Gasteiger partial charge on any atom is -0.497 e. The predicted molar refractivity (Wildman–Crippen MR) is 85.8 cm³/mol. The summed E-state index contributed by atoms with van der Waals surface area (Å²) < 4.78 is 5.11. The first kappa shape index (κ1) is 16.6. The predicted octanol–water partition coefficient (Wildman–Crippen LogP) is 2.24. The zero-order valence-electron chi connectivity index (χ0n) is 13.8. The Bertz CT molecular complexity index is 515. The maximum atomic E-state index is 12.3. The number of likely N-dealkylation sites (tertiary alicyclic amines) is 1. The number of carbonyl (C=O) groups is 1. The summed E-state index contributed by atoms with van der Waals surface area (Å²) in [6.45, 7) is 7.43. The van der Waals surface area contributed by atoms with Crippen LogP contribution in [0.15, 0.2) is 24.3 Å². The van der Waals surface area contributed by atoms with Crippen LogP contribution in [0.5, 0.6) is 5.75 Å². The lowest BCUT2D eigenvalue weighted by atomic mass is 9.82. The third kappa shape index (κ3) is 3.35. The van der Waals surface area contributed by atoms with Gasteiger partial charge >= 0.3 is 6.03 Å². The maximum absolute atomic E-state index is 12.3. The van der Waals surface area contributed by atoms with E-state index in [-0.39, 0.29) is 17.9 Å². The minimum absolute atomic E-state index is 0.0826. The van der Waals surface area contributed by atoms with Gasteiger partial charge in [0, 0.05) is 19.0 Å². The molecule has 2 rings (SSSR count). The van der Waals surface area contributed by atoms with Crippen molar-refractivity contribution in [3.05, 3.63) is 29.8 Å². The molecule has 1 saturated heterocycles. The Kier molecular flexibility index (Phi) is 4.96. The van der Waals surface area contributed by atoms with Crippen molar-refractivity contribution in [3.8, 4) is 5.75 Å². The molecule has 1 fully saturated rings. The van der Waals surface area contributed by atoms with E-state index in [9.17, 15) is 9.90 Å². The fourth-order valence-electron chi connectivity index (χ4n) is 2.95. The summed E-state index contributed by atoms with van der Waals surface area (Å²) in [7, 11) is 1.63. The van der Waals surface area contributed by atoms with Gasteiger partial charge in [-0.05, 0) is 23.6 Å². The van der Waals surface area contributed by atoms with Crippen LogP contribution in [-0.4, -0.2) is 41.8 Å². The fourth-order valence-corrected chi connectivity index (χ4v) is 2.95. The van der Waals surface area contributed by atoms with Gasteiger partial charge in [0.1, 0.15) is 5.75 Å². The van der Waals surface area contributed by atoms with Crippen molar-refractivity contribution >= 4 is 6.03 Å². The smallest absolute Gasteiger partial charge is 0.317 e. The van der Waals surface area contributed by atoms with E-state index in [1.54, 1.807) is 12.0 Å². The number of amides is 2. The van der Waals surface area contributed by atoms with Crippen LogP contribution >= 0.6 is 0 Å². The third-order valence-electron chi connectivity index (χ3n) is 4.68. The Hall–Kier alpha value is -1.75. The van der Waals surface area contributed by atoms with Gasteiger partial charge in [0.2, 0.25) is 0 Å². The molecule has 2 amide bonds. The van der Waals surface area contributed by atoms with Gasteiger partial charge in [-0.1, -0.05) is 32.9 Å². The molecule has 0 radical (unpaired) electrons. The molecule has 2 atom stereocenters. The van der Waals surface area contributed by atoms with E-state index in [0.717, 1.165) is 11.3 Å². The molecule has 0 unspecified atom stereocenters. The summed E-state index contributed by atoms with van der Waals surface area (Å²) in [5.41, 5.74) is 0.220. The highest BCUT2D eigenvalue weighted by molar-refractivity contribution is 5.74. The van der Waals surface area contributed by atoms with E-state index < -0.39 is 5.60 Å². The van der Waals surface area contributed by atoms with E-state index in [1.165, 1.54) is 0 Å². The number of β-amino-alcohol motifs (C(OH)–C–C–N with tert-alkyl or cyclic N) is 1. The number of rotatable bonds is 4. The number of hydrogen-bond donors (Lipinski definition) is 2. The molecule has 5 heteroatoms. The van der Waals surface area contributed by atoms with Crippen molar-refractivity contribution in [1.29, 1.82) is 0 Å². The molecular weight excluding hydrogens is 280 g/mol. The van der Waals surface area contributed by atoms with E-state index >= 15 is 0 Å². The number of benzene rings is 1. The Balaban J connectivity index is 1.90. The van der Waals surface area contributed by atoms with Crippen molar-refractivity contribution in [2.24, 2.45) is 11.8 Å². The first-order chi connectivity index (χ1) is 10.4. The normalized spacial score (nSPS) is 24.6. The average Bonchev–Trinajstić information content (AvgIpc) is 2.82. The van der Waals surface area contributed by atoms with Gasteiger partial charge in [-0.2, -0.15) is 0 Å². The van der Waals surface area contributed by atoms with Crippen LogP contribution in [0.1, 0.15) is 26.3 Å². The van der Waals surface area contributed by atoms with Crippen LogP contribution in [0.2, 0.25) is 0 Å². The van der Waals surface area contributed by atoms with Gasteiger partial charge in [0.25, 0.3) is 0 Å². The number of ether oxygens (including phenoxy) is 1. The molecule has 22 heavy (non-hydrogen) atoms. The van der Waals surface area contributed by atoms with Gasteiger partial charge in [0.05, 0.1) is 19.3 Å². The lowest BCUT2D eigenvalue weighted by Crippen LogP contribution is -2.44. The number of aliphatic hydroxyl groups is 1. The molecule has 1 aliphatic heterocycles. The Labute approximate surface area is 132 Å². The second-order valence-corrected chi connectivity index (χ2v) is 6.43. The van der Waals surface area contributed by atoms with Gasteiger partial charge < -0.3 is 20.1 Å². The quantitative estimate of drug-likeness (QED) is 0.897. The molecular formula is C17H26N2O3. The van der Waals surface area contributed by atoms with E-state index in [0.29, 0.717) is 19.6 Å². The maximum Gasteiger partial charge on any atom is 0.317 e. The molecule has 1 aromatic rings. The van der Waals surface area contributed by atoms with Crippen LogP contribution in [0.3, 0.4) is 0 Å². The molecule has 2 N–H and O–H groups in total. The molecule has 0 aliphatic carbocycles. The van der Waals surface area contributed by atoms with Crippen LogP contribution in [0, 0.1) is 11.8 Å². The largest absolute Gasteiger partial charge is 0.497 e. The first-order valence-electron chi connectivity index (χ1n) is 7.75. The number of carbonyl (C=O) groups excluding carboxylic acids is 1. The van der Waals surface area contributed by atoms with Gasteiger partial charge in [-0.25, -0.2) is 4.79 Å². The lowest BCUT2D eigenvalue weighted by molar-refractivity contribution is -0.0235. The highest BCUT2D eigenvalue weighted by atomic mass is 16.5. The van der Waals surface area contributed by atoms with Crippen molar-refractivity contribution in [2.45, 2.75) is 32.9 Å². The molecule has 0 aromatic heterocycles. The Morgan fingerprint density at radius 3 is 2.59 bits per heavy atom. The minimum atomic E-state index is -0.794. The second-order valence-electron chi connectivity index (χ2n) is 6.43. The summed E-state index contributed by atoms with van der Waals surface area (Å²) in [5, 5.41) is 13.6. The fraction of sp³-hybridized carbons (Fsp3) is 0.588. The molecule has 1 heterocycles. The first-order valence-corrected chi connectivity index (χ1v) is 7.75. The highest BCUT2D eigenvalue weighted by Crippen LogP contribution is 2.33. The third-order valence-corrected chi connectivity index (χ3v) is 4.68. The van der Waals surface area contributed by atoms with Crippen LogP contribution in [-0.2, 0) is 6.54 Å². The Morgan fingerprint density at radius 1 is 1.45 bits per heavy atom. The number of nitrogens with one attached hydrogen (secondary N) is 1. The summed E-state index contributed by atoms with van der Waals surface area (Å²) >= 11 is 0. The summed E-state index contributed by atoms with van der Waals surface area (Å²) in [4.78, 5) is 14.0. The van der Waals surface area contributed by atoms with Crippen LogP contribution < -0.4 is 10.1 Å². The van der Waals surface area contributed by atoms with Gasteiger partial charge in [-0.15, -0.1) is 0 Å². The molecule has 0 spiro atoms. The zero-order valence-corrected chi connectivity index (χ0v) is 13.8. The number of urea groups is 1. The average molecular weight is 306 g/mol. The van der Waals surface area contributed by atoms with E-state index in [2.05, 4.69) is 5.32 Å². The molecule has 0 bridgehead atoms. The van der Waals surface area contributed by atoms with E-state index in [4.69, 9.17) is 4.74 Å². The molecule has 1 aliphatic rings. The standard InChI is InChI=1S/C17H26N2O3/c1-12(2)17(21)11-19(10-13(17)3)16(20)18-9-14-5-7-15(22-4)8-6-14/h5-8,12-13,21H,9-11H2,1-4H3,(H,18,20)/t13-,17-/m0/s1. The number of nitrogens with zero attached hydrogens (tertiary/aromatic N) is 1. The molecule has 122 valence electrons. The summed E-state index contributed by atoms with van der Waals surface area (Å²) in [6, 6.07) is 7.47. The van der Waals surface area contributed by atoms with Crippen LogP contribution in [0.25, 0.3) is 0 Å². The van der Waals surface area contributed by atoms with Crippen molar-refractivity contribution < 1.29 is 14.6 Å². The second kappa shape index (κ2) is 6.57. The summed E-state index contributed by atoms with van der Waals surface area (Å²) in [6.07, 6.45) is 0. The molecule has 0 saturated carbocycles.